The molecule has 7 heteroatoms. The average Bonchev–Trinajstić information content (AvgIpc) is 4.00. The molecule has 0 aliphatic carbocycles. The van der Waals surface area contributed by atoms with Crippen LogP contribution in [-0.4, -0.2) is 6.85 Å². The van der Waals surface area contributed by atoms with E-state index < -0.39 is 0 Å². The van der Waals surface area contributed by atoms with Gasteiger partial charge in [-0.05, 0) is 154 Å². The van der Waals surface area contributed by atoms with Gasteiger partial charge in [0.05, 0.1) is 9.79 Å². The minimum absolute atomic E-state index is 0.00470. The highest BCUT2D eigenvalue weighted by molar-refractivity contribution is 7.99. The highest BCUT2D eigenvalue weighted by Crippen LogP contribution is 2.56. The standard InChI is InChI=1S/C69H56BN3O2S/c1-43-18-11-13-24-56(43)72-57-37-36-50(71(48-32-28-46(29-33-48)68(2,3)4)49-34-30-47(31-35-49)69(5,6)7)39-55(57)70-66-59(72)40-53-52-23-12-14-25-60(52)75-67(53)65(66)54-41-62-64(76-63-27-16-15-26-61(63)74-62)42-58(54)73(70)51-22-17-21-45(38-51)44-19-9-8-10-20-44/h8-42H,1-7H3. The summed E-state index contributed by atoms with van der Waals surface area (Å²) in [4.78, 5) is 9.74. The molecule has 11 aromatic rings. The van der Waals surface area contributed by atoms with Crippen LogP contribution in [0.1, 0.15) is 58.2 Å². The Bertz CT molecular complexity index is 4060. The molecule has 10 aromatic carbocycles. The van der Waals surface area contributed by atoms with E-state index in [1.165, 1.54) is 33.2 Å². The van der Waals surface area contributed by atoms with Crippen LogP contribution >= 0.6 is 11.8 Å². The van der Waals surface area contributed by atoms with E-state index >= 15 is 0 Å². The molecule has 0 fully saturated rings. The van der Waals surface area contributed by atoms with Crippen molar-refractivity contribution in [2.45, 2.75) is 69.1 Å². The van der Waals surface area contributed by atoms with Crippen LogP contribution in [0.2, 0.25) is 0 Å². The number of para-hydroxylation sites is 3. The summed E-state index contributed by atoms with van der Waals surface area (Å²) >= 11 is 1.77. The molecule has 0 atom stereocenters. The maximum Gasteiger partial charge on any atom is 0.333 e. The van der Waals surface area contributed by atoms with Crippen LogP contribution in [-0.2, 0) is 10.8 Å². The zero-order valence-electron chi connectivity index (χ0n) is 43.9. The number of anilines is 8. The molecule has 3 aliphatic rings. The molecule has 0 bridgehead atoms. The zero-order chi connectivity index (χ0) is 51.6. The van der Waals surface area contributed by atoms with Gasteiger partial charge in [-0.2, -0.15) is 0 Å². The van der Waals surface area contributed by atoms with Gasteiger partial charge in [-0.3, -0.25) is 0 Å². The van der Waals surface area contributed by atoms with E-state index in [1.54, 1.807) is 11.8 Å². The van der Waals surface area contributed by atoms with Crippen molar-refractivity contribution in [1.29, 1.82) is 0 Å². The first-order valence-corrected chi connectivity index (χ1v) is 27.2. The number of rotatable bonds is 6. The summed E-state index contributed by atoms with van der Waals surface area (Å²) < 4.78 is 14.1. The van der Waals surface area contributed by atoms with Gasteiger partial charge in [0.1, 0.15) is 22.7 Å². The third-order valence-corrected chi connectivity index (χ3v) is 16.8. The van der Waals surface area contributed by atoms with Gasteiger partial charge in [-0.15, -0.1) is 0 Å². The molecule has 0 spiro atoms. The molecule has 14 rings (SSSR count). The van der Waals surface area contributed by atoms with E-state index in [-0.39, 0.29) is 17.7 Å². The summed E-state index contributed by atoms with van der Waals surface area (Å²) in [5, 5.41) is 2.16. The van der Waals surface area contributed by atoms with Crippen molar-refractivity contribution in [3.63, 3.8) is 0 Å². The van der Waals surface area contributed by atoms with Gasteiger partial charge in [0, 0.05) is 67.4 Å². The van der Waals surface area contributed by atoms with E-state index in [1.807, 2.05) is 0 Å². The Labute approximate surface area is 450 Å². The van der Waals surface area contributed by atoms with Crippen LogP contribution in [0.15, 0.2) is 227 Å². The third kappa shape index (κ3) is 7.46. The van der Waals surface area contributed by atoms with Gasteiger partial charge in [-0.1, -0.05) is 169 Å². The van der Waals surface area contributed by atoms with Crippen molar-refractivity contribution in [3.05, 3.63) is 229 Å². The lowest BCUT2D eigenvalue weighted by Crippen LogP contribution is -2.61. The number of nitrogens with zero attached hydrogens (tertiary/aromatic N) is 3. The SMILES string of the molecule is Cc1ccccc1N1c2ccc(N(c3ccc(C(C)(C)C)cc3)c3ccc(C(C)(C)C)cc3)cc2B2c3c1cc1c(oc4ccccc41)c3-c1cc3c(cc1N2c1cccc(-c2ccccc2)c1)Sc1ccccc1O3. The Morgan fingerprint density at radius 1 is 0.487 bits per heavy atom. The Morgan fingerprint density at radius 3 is 1.88 bits per heavy atom. The highest BCUT2D eigenvalue weighted by Gasteiger charge is 2.48. The number of aryl methyl sites for hydroxylation is 1. The minimum atomic E-state index is -0.315. The normalized spacial score (nSPS) is 13.4. The minimum Gasteiger partial charge on any atom is -0.455 e. The number of furan rings is 1. The summed E-state index contributed by atoms with van der Waals surface area (Å²) in [5.74, 6) is 1.70. The van der Waals surface area contributed by atoms with Gasteiger partial charge in [0.15, 0.2) is 0 Å². The Kier molecular flexibility index (Phi) is 10.5. The molecule has 0 N–H and O–H groups in total. The monoisotopic (exact) mass is 1000 g/mol. The second-order valence-electron chi connectivity index (χ2n) is 22.6. The molecule has 0 radical (unpaired) electrons. The van der Waals surface area contributed by atoms with Gasteiger partial charge < -0.3 is 23.8 Å². The van der Waals surface area contributed by atoms with E-state index in [0.29, 0.717) is 0 Å². The molecule has 0 saturated heterocycles. The largest absolute Gasteiger partial charge is 0.455 e. The second-order valence-corrected chi connectivity index (χ2v) is 23.7. The number of hydrogen-bond acceptors (Lipinski definition) is 6. The predicted molar refractivity (Wildman–Crippen MR) is 320 cm³/mol. The quantitative estimate of drug-likeness (QED) is 0.154. The number of ether oxygens (including phenoxy) is 1. The van der Waals surface area contributed by atoms with Crippen molar-refractivity contribution in [2.24, 2.45) is 0 Å². The fraction of sp³-hybridized carbons (Fsp3) is 0.130. The first kappa shape index (κ1) is 46.2. The van der Waals surface area contributed by atoms with Crippen molar-refractivity contribution in [2.75, 3.05) is 14.6 Å². The second kappa shape index (κ2) is 17.3. The van der Waals surface area contributed by atoms with Crippen LogP contribution < -0.4 is 30.3 Å². The number of benzene rings is 10. The summed E-state index contributed by atoms with van der Waals surface area (Å²) in [5.41, 5.74) is 21.1. The summed E-state index contributed by atoms with van der Waals surface area (Å²) in [7, 11) is 0. The van der Waals surface area contributed by atoms with Crippen molar-refractivity contribution in [1.82, 2.24) is 0 Å². The first-order chi connectivity index (χ1) is 36.9. The molecule has 3 aliphatic heterocycles. The van der Waals surface area contributed by atoms with Crippen LogP contribution in [0.4, 0.5) is 45.5 Å². The van der Waals surface area contributed by atoms with E-state index in [4.69, 9.17) is 9.15 Å². The molecule has 0 amide bonds. The average molecular weight is 1000 g/mol. The molecular formula is C69H56BN3O2S. The van der Waals surface area contributed by atoms with Gasteiger partial charge in [0.2, 0.25) is 0 Å². The molecule has 1 aromatic heterocycles. The number of fused-ring (bicyclic) bond motifs is 10. The topological polar surface area (TPSA) is 32.1 Å². The highest BCUT2D eigenvalue weighted by atomic mass is 32.2. The fourth-order valence-corrected chi connectivity index (χ4v) is 12.8. The molecular weight excluding hydrogens is 946 g/mol. The van der Waals surface area contributed by atoms with Gasteiger partial charge in [-0.25, -0.2) is 0 Å². The van der Waals surface area contributed by atoms with Crippen molar-refractivity contribution >= 4 is 97.0 Å². The van der Waals surface area contributed by atoms with Crippen LogP contribution in [0, 0.1) is 6.92 Å². The maximum atomic E-state index is 7.20. The third-order valence-electron chi connectivity index (χ3n) is 15.7. The van der Waals surface area contributed by atoms with Crippen molar-refractivity contribution < 1.29 is 9.15 Å². The lowest BCUT2D eigenvalue weighted by atomic mass is 9.43. The fourth-order valence-electron chi connectivity index (χ4n) is 11.8. The maximum absolute atomic E-state index is 7.20. The molecule has 4 heterocycles. The summed E-state index contributed by atoms with van der Waals surface area (Å²) in [6.07, 6.45) is 0. The lowest BCUT2D eigenvalue weighted by Gasteiger charge is -2.46. The Morgan fingerprint density at radius 2 is 1.14 bits per heavy atom. The molecule has 0 saturated carbocycles. The summed E-state index contributed by atoms with van der Waals surface area (Å²) in [6, 6.07) is 78.1. The lowest BCUT2D eigenvalue weighted by molar-refractivity contribution is 0.455. The van der Waals surface area contributed by atoms with Gasteiger partial charge in [0.25, 0.3) is 0 Å². The van der Waals surface area contributed by atoms with Crippen LogP contribution in [0.5, 0.6) is 11.5 Å². The number of hydrogen-bond donors (Lipinski definition) is 0. The molecule has 76 heavy (non-hydrogen) atoms. The molecule has 0 unspecified atom stereocenters. The molecule has 368 valence electrons. The Balaban J connectivity index is 1.10. The summed E-state index contributed by atoms with van der Waals surface area (Å²) in [6.45, 7) is 15.6. The smallest absolute Gasteiger partial charge is 0.333 e. The van der Waals surface area contributed by atoms with Crippen molar-refractivity contribution in [3.8, 4) is 33.8 Å². The van der Waals surface area contributed by atoms with E-state index in [0.717, 1.165) is 105 Å². The Hall–Kier alpha value is -8.39. The van der Waals surface area contributed by atoms with Crippen LogP contribution in [0.25, 0.3) is 44.2 Å². The molecule has 5 nitrogen and oxygen atoms in total. The van der Waals surface area contributed by atoms with E-state index in [9.17, 15) is 0 Å². The predicted octanol–water partition coefficient (Wildman–Crippen LogP) is 18.6. The van der Waals surface area contributed by atoms with Gasteiger partial charge >= 0.3 is 6.85 Å². The van der Waals surface area contributed by atoms with Crippen LogP contribution in [0.3, 0.4) is 0 Å². The van der Waals surface area contributed by atoms with E-state index in [2.05, 4.69) is 275 Å². The first-order valence-electron chi connectivity index (χ1n) is 26.4. The zero-order valence-corrected chi connectivity index (χ0v) is 44.7.